The Labute approximate surface area is 826 Å². The van der Waals surface area contributed by atoms with E-state index >= 15 is 0 Å². The molecule has 714 valence electrons. The number of hydrogen-bond donors (Lipinski definition) is 4. The molecular formula is C105H96F4N22O8S2. The fourth-order valence-corrected chi connectivity index (χ4v) is 16.2. The molecule has 2 atom stereocenters. The van der Waals surface area contributed by atoms with Crippen LogP contribution in [0.5, 0.6) is 69.0 Å². The van der Waals surface area contributed by atoms with Gasteiger partial charge in [-0.3, -0.25) is 0 Å². The molecule has 0 aliphatic heterocycles. The van der Waals surface area contributed by atoms with E-state index < -0.39 is 55.6 Å². The maximum atomic E-state index is 14.3. The molecule has 2 unspecified atom stereocenters. The number of rotatable bonds is 28. The van der Waals surface area contributed by atoms with E-state index in [2.05, 4.69) is 60.0 Å². The molecule has 20 aromatic rings. The SMILES string of the molecule is CC(C)n1nc(-c2ccc(Oc3cc(F)cc(OCc4ccccc4)c3)cc2)c2c(N)ncnc21.[2H]C([2H])(Oc1cc(F)cc(Oc2ccc(-c3nn(C(C)C)c4ncnc(N)c34)cc2)c1)c1ccc(C)s1.[2H]C([2H])([2H])C(C)n1nc(-c2ccc(Oc3cc(F)cc(OCc4ccc(C)s4)c3)cc2)c2c(N)ncnc21.[2H]C([2H])([2H])C(C)n1nc(-c2ccc(Oc3cc(F)cc(OCc4cnc(C)nc4)c3)cc2)c2c(N)ncnc21. The van der Waals surface area contributed by atoms with E-state index in [0.29, 0.717) is 154 Å². The zero-order valence-electron chi connectivity index (χ0n) is 85.2. The van der Waals surface area contributed by atoms with Gasteiger partial charge in [0.15, 0.2) is 22.6 Å². The summed E-state index contributed by atoms with van der Waals surface area (Å²) in [6.45, 7) is 11.0. The van der Waals surface area contributed by atoms with Gasteiger partial charge in [0, 0.05) is 165 Å². The maximum absolute atomic E-state index is 14.3. The minimum Gasteiger partial charge on any atom is -0.489 e. The fraction of sp³-hybridized carbons (Fsp3) is 0.181. The lowest BCUT2D eigenvalue weighted by molar-refractivity contribution is 0.301. The number of nitrogens with two attached hydrogens (primary N) is 4. The summed E-state index contributed by atoms with van der Waals surface area (Å²) in [4.78, 5) is 45.4. The Hall–Kier alpha value is -17.0. The number of nitrogens with zero attached hydrogens (tertiary/aromatic N) is 18. The molecule has 9 aromatic carbocycles. The van der Waals surface area contributed by atoms with Crippen LogP contribution in [0.15, 0.2) is 262 Å². The van der Waals surface area contributed by atoms with Gasteiger partial charge >= 0.3 is 0 Å². The van der Waals surface area contributed by atoms with Gasteiger partial charge in [-0.15, -0.1) is 22.7 Å². The fourth-order valence-electron chi connectivity index (χ4n) is 14.7. The molecule has 0 saturated carbocycles. The molecule has 0 fully saturated rings. The first-order valence-electron chi connectivity index (χ1n) is 48.1. The third-order valence-corrected chi connectivity index (χ3v) is 23.2. The molecule has 0 amide bonds. The van der Waals surface area contributed by atoms with Crippen LogP contribution >= 0.6 is 22.7 Å². The molecule has 0 bridgehead atoms. The second kappa shape index (κ2) is 42.7. The van der Waals surface area contributed by atoms with E-state index in [0.717, 1.165) is 38.1 Å². The van der Waals surface area contributed by atoms with Crippen molar-refractivity contribution in [3.05, 3.63) is 322 Å². The Kier molecular flexibility index (Phi) is 25.9. The van der Waals surface area contributed by atoms with E-state index in [1.807, 2.05) is 119 Å². The highest BCUT2D eigenvalue weighted by Crippen LogP contribution is 2.42. The summed E-state index contributed by atoms with van der Waals surface area (Å²) < 4.78 is 173. The van der Waals surface area contributed by atoms with Crippen molar-refractivity contribution in [2.45, 2.75) is 127 Å². The Bertz CT molecular complexity index is 8180. The lowest BCUT2D eigenvalue weighted by Crippen LogP contribution is -2.04. The van der Waals surface area contributed by atoms with Gasteiger partial charge < -0.3 is 60.8 Å². The number of hydrogen-bond acceptors (Lipinski definition) is 28. The number of halogens is 4. The van der Waals surface area contributed by atoms with Crippen LogP contribution in [-0.4, -0.2) is 89.0 Å². The van der Waals surface area contributed by atoms with E-state index in [1.165, 1.54) is 99.4 Å². The largest absolute Gasteiger partial charge is 0.489 e. The molecule has 8 N–H and O–H groups in total. The van der Waals surface area contributed by atoms with Crippen LogP contribution < -0.4 is 60.8 Å². The average molecular weight is 1940 g/mol. The normalized spacial score (nSPS) is 12.8. The molecule has 0 aliphatic rings. The first-order valence-corrected chi connectivity index (χ1v) is 45.7. The number of fused-ring (bicyclic) bond motifs is 4. The Morgan fingerprint density at radius 1 is 0.312 bits per heavy atom. The van der Waals surface area contributed by atoms with Gasteiger partial charge in [-0.25, -0.2) is 86.1 Å². The summed E-state index contributed by atoms with van der Waals surface area (Å²) in [5, 5.41) is 20.8. The molecule has 0 aliphatic carbocycles. The van der Waals surface area contributed by atoms with Crippen LogP contribution in [0.1, 0.15) is 127 Å². The van der Waals surface area contributed by atoms with Crippen molar-refractivity contribution < 1.29 is 66.4 Å². The number of benzene rings is 9. The highest BCUT2D eigenvalue weighted by Gasteiger charge is 2.25. The van der Waals surface area contributed by atoms with E-state index in [1.54, 1.807) is 146 Å². The van der Waals surface area contributed by atoms with Crippen molar-refractivity contribution in [1.82, 2.24) is 89.0 Å². The van der Waals surface area contributed by atoms with Gasteiger partial charge in [-0.1, -0.05) is 30.3 Å². The van der Waals surface area contributed by atoms with E-state index in [4.69, 9.17) is 82.0 Å². The number of ether oxygens (including phenoxy) is 8. The zero-order chi connectivity index (χ0) is 105. The predicted molar refractivity (Wildman–Crippen MR) is 537 cm³/mol. The van der Waals surface area contributed by atoms with Crippen molar-refractivity contribution in [2.75, 3.05) is 22.9 Å². The van der Waals surface area contributed by atoms with Gasteiger partial charge in [-0.2, -0.15) is 20.4 Å². The zero-order valence-corrected chi connectivity index (χ0v) is 78.8. The first kappa shape index (κ1) is 85.6. The second-order valence-electron chi connectivity index (χ2n) is 32.7. The topological polar surface area (TPSA) is 378 Å². The molecule has 20 rings (SSSR count). The van der Waals surface area contributed by atoms with Gasteiger partial charge in [0.2, 0.25) is 0 Å². The van der Waals surface area contributed by atoms with Crippen LogP contribution in [0.25, 0.3) is 89.2 Å². The summed E-state index contributed by atoms with van der Waals surface area (Å²) >= 11 is 2.90. The summed E-state index contributed by atoms with van der Waals surface area (Å²) in [6.07, 6.45) is 8.71. The average Bonchev–Trinajstić information content (AvgIpc) is 1.59. The lowest BCUT2D eigenvalue weighted by atomic mass is 10.1. The molecule has 0 saturated heterocycles. The molecule has 11 aromatic heterocycles. The van der Waals surface area contributed by atoms with Crippen LogP contribution in [0.4, 0.5) is 40.8 Å². The Balaban J connectivity index is 0.000000135. The molecule has 30 nitrogen and oxygen atoms in total. The molecule has 0 spiro atoms. The highest BCUT2D eigenvalue weighted by molar-refractivity contribution is 7.12. The Morgan fingerprint density at radius 2 is 0.603 bits per heavy atom. The van der Waals surface area contributed by atoms with Crippen LogP contribution in [0.2, 0.25) is 0 Å². The minimum atomic E-state index is -2.30. The summed E-state index contributed by atoms with van der Waals surface area (Å²) in [5.74, 6) is 3.70. The molecular weight excluding hydrogens is 1840 g/mol. The summed E-state index contributed by atoms with van der Waals surface area (Å²) in [5.41, 5.74) is 33.5. The Morgan fingerprint density at radius 3 is 0.908 bits per heavy atom. The monoisotopic (exact) mass is 1940 g/mol. The lowest BCUT2D eigenvalue weighted by Gasteiger charge is -2.10. The van der Waals surface area contributed by atoms with Crippen molar-refractivity contribution in [2.24, 2.45) is 0 Å². The van der Waals surface area contributed by atoms with E-state index in [-0.39, 0.29) is 59.1 Å². The van der Waals surface area contributed by atoms with Crippen molar-refractivity contribution in [1.29, 1.82) is 0 Å². The number of aromatic nitrogens is 18. The maximum Gasteiger partial charge on any atom is 0.164 e. The quantitative estimate of drug-likeness (QED) is 0.0331. The van der Waals surface area contributed by atoms with Gasteiger partial charge in [-0.05, 0) is 203 Å². The van der Waals surface area contributed by atoms with Crippen LogP contribution in [-0.2, 0) is 26.4 Å². The second-order valence-corrected chi connectivity index (χ2v) is 35.3. The smallest absolute Gasteiger partial charge is 0.164 e. The van der Waals surface area contributed by atoms with Crippen molar-refractivity contribution in [3.8, 4) is 114 Å². The molecule has 36 heteroatoms. The van der Waals surface area contributed by atoms with Gasteiger partial charge in [0.25, 0.3) is 0 Å². The van der Waals surface area contributed by atoms with Crippen molar-refractivity contribution >= 4 is 90.1 Å². The third-order valence-electron chi connectivity index (χ3n) is 21.3. The summed E-state index contributed by atoms with van der Waals surface area (Å²) in [6, 6.07) is 60.1. The van der Waals surface area contributed by atoms with Crippen LogP contribution in [0.3, 0.4) is 0 Å². The third kappa shape index (κ3) is 23.1. The van der Waals surface area contributed by atoms with Gasteiger partial charge in [0.05, 0.1) is 24.3 Å². The van der Waals surface area contributed by atoms with Gasteiger partial charge in [0.1, 0.15) is 196 Å². The standard InChI is InChI=1S/C27H24FN5O2.C26H24FN7O2.2C26H24FN5O2S/c1-17(2)33-27-24(26(29)30-16-31-27)25(32-33)19-8-10-21(11-9-19)35-23-13-20(28)12-22(14-23)34-15-18-6-4-3-5-7-18;1-15(2)34-26-23(25(28)31-14-32-26)24(33-34)18-4-6-20(7-5-18)36-22-9-19(27)8-21(10-22)35-13-17-11-29-16(3)30-12-17;2*1-15(2)32-26-23(25(28)29-14-30-26)24(31-32)17-5-7-19(8-6-17)34-21-11-18(27)10-20(12-21)33-13-22-9-4-16(3)35-22/h3-14,16-17H,15H2,1-2H3,(H2,29,30,31);4-12,14-15H,13H2,1-3H3,(H2,28,31,32);2*4-12,14-15H,13H2,1-3H3,(H2,28,29,30)/i;1D3;13D2;1D3. The molecule has 11 heterocycles. The number of aryl methyl sites for hydroxylation is 3. The minimum absolute atomic E-state index is 0.0174. The van der Waals surface area contributed by atoms with E-state index in [9.17, 15) is 17.6 Å². The summed E-state index contributed by atoms with van der Waals surface area (Å²) in [7, 11) is 0. The molecule has 141 heavy (non-hydrogen) atoms. The molecule has 0 radical (unpaired) electrons. The first-order chi connectivity index (χ1) is 71.2. The van der Waals surface area contributed by atoms with Crippen LogP contribution in [0, 0.1) is 44.0 Å². The van der Waals surface area contributed by atoms with Crippen molar-refractivity contribution in [3.63, 3.8) is 0 Å². The predicted octanol–water partition coefficient (Wildman–Crippen LogP) is 24.5. The number of thiophene rings is 2. The highest BCUT2D eigenvalue weighted by atomic mass is 32.1. The number of nitrogen functional groups attached to an aromatic ring is 4. The number of anilines is 4.